The van der Waals surface area contributed by atoms with Gasteiger partial charge in [-0.25, -0.2) is 9.78 Å². The Labute approximate surface area is 134 Å². The number of fused-ring (bicyclic) bond motifs is 1. The summed E-state index contributed by atoms with van der Waals surface area (Å²) in [4.78, 5) is 21.1. The smallest absolute Gasteiger partial charge is 0.411 e. The zero-order chi connectivity index (χ0) is 16.1. The highest BCUT2D eigenvalue weighted by Crippen LogP contribution is 2.31. The molecule has 1 aromatic carbocycles. The molecule has 2 heterocycles. The van der Waals surface area contributed by atoms with E-state index in [1.807, 2.05) is 24.4 Å². The van der Waals surface area contributed by atoms with Gasteiger partial charge in [0, 0.05) is 31.2 Å². The van der Waals surface area contributed by atoms with Crippen LogP contribution in [0.3, 0.4) is 0 Å². The van der Waals surface area contributed by atoms with Crippen molar-refractivity contribution in [1.82, 2.24) is 9.97 Å². The molecule has 1 amide bonds. The van der Waals surface area contributed by atoms with Crippen LogP contribution < -0.4 is 10.2 Å². The minimum Gasteiger partial charge on any atom is -0.447 e. The molecule has 122 valence electrons. The summed E-state index contributed by atoms with van der Waals surface area (Å²) in [6.45, 7) is 2.35. The molecule has 2 aromatic rings. The predicted molar refractivity (Wildman–Crippen MR) is 86.6 cm³/mol. The third-order valence-corrected chi connectivity index (χ3v) is 3.76. The first-order chi connectivity index (χ1) is 11.3. The predicted octanol–water partition coefficient (Wildman–Crippen LogP) is 2.17. The Morgan fingerprint density at radius 1 is 1.43 bits per heavy atom. The number of hydrogen-bond donors (Lipinski definition) is 2. The zero-order valence-corrected chi connectivity index (χ0v) is 13.0. The van der Waals surface area contributed by atoms with Crippen molar-refractivity contribution in [2.45, 2.75) is 13.0 Å². The van der Waals surface area contributed by atoms with Crippen LogP contribution in [0.4, 0.5) is 16.2 Å². The van der Waals surface area contributed by atoms with Gasteiger partial charge in [-0.1, -0.05) is 6.07 Å². The van der Waals surface area contributed by atoms with Gasteiger partial charge in [0.05, 0.1) is 25.2 Å². The minimum atomic E-state index is -0.472. The maximum Gasteiger partial charge on any atom is 0.411 e. The van der Waals surface area contributed by atoms with Crippen LogP contribution in [0.5, 0.6) is 0 Å². The lowest BCUT2D eigenvalue weighted by molar-refractivity contribution is 0.107. The van der Waals surface area contributed by atoms with Crippen molar-refractivity contribution in [1.29, 1.82) is 0 Å². The van der Waals surface area contributed by atoms with E-state index in [1.54, 1.807) is 13.4 Å². The summed E-state index contributed by atoms with van der Waals surface area (Å²) in [5.74, 6) is 0. The number of nitrogens with zero attached hydrogens (tertiary/aromatic N) is 2. The largest absolute Gasteiger partial charge is 0.447 e. The number of methoxy groups -OCH3 is 1. The highest BCUT2D eigenvalue weighted by molar-refractivity contribution is 5.86. The number of benzene rings is 1. The fraction of sp³-hybridized carbons (Fsp3) is 0.375. The van der Waals surface area contributed by atoms with Gasteiger partial charge >= 0.3 is 6.09 Å². The number of aromatic amines is 1. The quantitative estimate of drug-likeness (QED) is 0.799. The molecule has 1 aromatic heterocycles. The SMILES string of the molecule is COCCOC(=O)Nc1ccc2c(c1)N(Cc1cnc[nH]1)CC2. The lowest BCUT2D eigenvalue weighted by Gasteiger charge is -2.19. The van der Waals surface area contributed by atoms with E-state index in [0.29, 0.717) is 6.61 Å². The van der Waals surface area contributed by atoms with E-state index in [-0.39, 0.29) is 6.61 Å². The number of carbonyl (C=O) groups excluding carboxylic acids is 1. The Morgan fingerprint density at radius 2 is 2.35 bits per heavy atom. The van der Waals surface area contributed by atoms with Crippen molar-refractivity contribution < 1.29 is 14.3 Å². The monoisotopic (exact) mass is 316 g/mol. The van der Waals surface area contributed by atoms with Crippen molar-refractivity contribution in [3.05, 3.63) is 42.0 Å². The molecule has 0 unspecified atom stereocenters. The highest BCUT2D eigenvalue weighted by Gasteiger charge is 2.20. The second kappa shape index (κ2) is 7.15. The van der Waals surface area contributed by atoms with Crippen molar-refractivity contribution in [3.8, 4) is 0 Å². The summed E-state index contributed by atoms with van der Waals surface area (Å²) < 4.78 is 9.86. The van der Waals surface area contributed by atoms with Gasteiger partial charge < -0.3 is 19.4 Å². The van der Waals surface area contributed by atoms with Gasteiger partial charge in [-0.05, 0) is 24.1 Å². The number of nitrogens with one attached hydrogen (secondary N) is 2. The second-order valence-electron chi connectivity index (χ2n) is 5.35. The molecule has 2 N–H and O–H groups in total. The number of amides is 1. The molecule has 0 bridgehead atoms. The fourth-order valence-electron chi connectivity index (χ4n) is 2.64. The third kappa shape index (κ3) is 3.81. The molecule has 0 saturated carbocycles. The molecular weight excluding hydrogens is 296 g/mol. The molecule has 0 saturated heterocycles. The zero-order valence-electron chi connectivity index (χ0n) is 13.0. The molecule has 0 atom stereocenters. The minimum absolute atomic E-state index is 0.235. The first kappa shape index (κ1) is 15.4. The lowest BCUT2D eigenvalue weighted by atomic mass is 10.1. The van der Waals surface area contributed by atoms with Gasteiger partial charge in [-0.3, -0.25) is 5.32 Å². The summed E-state index contributed by atoms with van der Waals surface area (Å²) in [6.07, 6.45) is 4.04. The van der Waals surface area contributed by atoms with E-state index < -0.39 is 6.09 Å². The molecule has 0 spiro atoms. The Bertz CT molecular complexity index is 657. The van der Waals surface area contributed by atoms with Gasteiger partial charge in [0.2, 0.25) is 0 Å². The number of aromatic nitrogens is 2. The maximum absolute atomic E-state index is 11.7. The van der Waals surface area contributed by atoms with Crippen LogP contribution in [0.2, 0.25) is 0 Å². The van der Waals surface area contributed by atoms with Crippen LogP contribution in [0.15, 0.2) is 30.7 Å². The Balaban J connectivity index is 1.65. The van der Waals surface area contributed by atoms with Gasteiger partial charge in [-0.15, -0.1) is 0 Å². The average molecular weight is 316 g/mol. The number of anilines is 2. The number of rotatable bonds is 6. The number of ether oxygens (including phenoxy) is 2. The van der Waals surface area contributed by atoms with Gasteiger partial charge in [-0.2, -0.15) is 0 Å². The van der Waals surface area contributed by atoms with E-state index in [2.05, 4.69) is 20.2 Å². The molecule has 7 nitrogen and oxygen atoms in total. The molecular formula is C16H20N4O3. The molecule has 1 aliphatic rings. The van der Waals surface area contributed by atoms with Gasteiger partial charge in [0.1, 0.15) is 6.61 Å². The van der Waals surface area contributed by atoms with Crippen LogP contribution in [0.25, 0.3) is 0 Å². The summed E-state index contributed by atoms with van der Waals surface area (Å²) in [5, 5.41) is 2.75. The second-order valence-corrected chi connectivity index (χ2v) is 5.35. The molecule has 1 aliphatic heterocycles. The van der Waals surface area contributed by atoms with Crippen LogP contribution in [0, 0.1) is 0 Å². The Morgan fingerprint density at radius 3 is 3.13 bits per heavy atom. The number of carbonyl (C=O) groups is 1. The Hall–Kier alpha value is -2.54. The molecule has 7 heteroatoms. The third-order valence-electron chi connectivity index (χ3n) is 3.76. The molecule has 0 aliphatic carbocycles. The van der Waals surface area contributed by atoms with Crippen LogP contribution >= 0.6 is 0 Å². The van der Waals surface area contributed by atoms with Crippen molar-refractivity contribution in [2.75, 3.05) is 37.1 Å². The van der Waals surface area contributed by atoms with Crippen molar-refractivity contribution in [3.63, 3.8) is 0 Å². The maximum atomic E-state index is 11.7. The van der Waals surface area contributed by atoms with E-state index >= 15 is 0 Å². The molecule has 3 rings (SSSR count). The van der Waals surface area contributed by atoms with Crippen molar-refractivity contribution in [2.24, 2.45) is 0 Å². The molecule has 0 radical (unpaired) electrons. The fourth-order valence-corrected chi connectivity index (χ4v) is 2.64. The van der Waals surface area contributed by atoms with Crippen LogP contribution in [-0.4, -0.2) is 42.9 Å². The Kier molecular flexibility index (Phi) is 4.77. The first-order valence-electron chi connectivity index (χ1n) is 7.54. The number of imidazole rings is 1. The van der Waals surface area contributed by atoms with Crippen LogP contribution in [-0.2, 0) is 22.4 Å². The molecule has 23 heavy (non-hydrogen) atoms. The summed E-state index contributed by atoms with van der Waals surface area (Å²) in [5.41, 5.74) is 4.20. The van der Waals surface area contributed by atoms with E-state index in [4.69, 9.17) is 9.47 Å². The topological polar surface area (TPSA) is 79.5 Å². The van der Waals surface area contributed by atoms with Crippen LogP contribution in [0.1, 0.15) is 11.3 Å². The summed E-state index contributed by atoms with van der Waals surface area (Å²) >= 11 is 0. The van der Waals surface area contributed by atoms with E-state index in [9.17, 15) is 4.79 Å². The first-order valence-corrected chi connectivity index (χ1v) is 7.54. The normalized spacial score (nSPS) is 13.0. The van der Waals surface area contributed by atoms with Crippen molar-refractivity contribution >= 4 is 17.5 Å². The highest BCUT2D eigenvalue weighted by atomic mass is 16.6. The number of H-pyrrole nitrogens is 1. The summed E-state index contributed by atoms with van der Waals surface area (Å²) in [7, 11) is 1.57. The molecule has 0 fully saturated rings. The van der Waals surface area contributed by atoms with E-state index in [1.165, 1.54) is 5.56 Å². The standard InChI is InChI=1S/C16H20N4O3/c1-22-6-7-23-16(21)19-13-3-2-12-4-5-20(15(12)8-13)10-14-9-17-11-18-14/h2-3,8-9,11H,4-7,10H2,1H3,(H,17,18)(H,19,21). The average Bonchev–Trinajstić information content (AvgIpc) is 3.18. The number of hydrogen-bond acceptors (Lipinski definition) is 5. The van der Waals surface area contributed by atoms with E-state index in [0.717, 1.165) is 36.6 Å². The lowest BCUT2D eigenvalue weighted by Crippen LogP contribution is -2.20. The summed E-state index contributed by atoms with van der Waals surface area (Å²) in [6, 6.07) is 5.93. The van der Waals surface area contributed by atoms with Gasteiger partial charge in [0.15, 0.2) is 0 Å². The van der Waals surface area contributed by atoms with Gasteiger partial charge in [0.25, 0.3) is 0 Å².